The summed E-state index contributed by atoms with van der Waals surface area (Å²) in [6.45, 7) is 8.24. The molecule has 14 heavy (non-hydrogen) atoms. The molecule has 1 aliphatic rings. The molecule has 0 aliphatic carbocycles. The van der Waals surface area contributed by atoms with E-state index in [1.165, 1.54) is 25.5 Å². The largest absolute Gasteiger partial charge is 0.371 e. The van der Waals surface area contributed by atoms with Crippen molar-refractivity contribution in [1.29, 1.82) is 0 Å². The van der Waals surface area contributed by atoms with Gasteiger partial charge in [-0.2, -0.15) is 0 Å². The molecule has 1 rings (SSSR count). The Morgan fingerprint density at radius 2 is 1.43 bits per heavy atom. The van der Waals surface area contributed by atoms with E-state index in [9.17, 15) is 0 Å². The predicted octanol–water partition coefficient (Wildman–Crippen LogP) is 1.03. The summed E-state index contributed by atoms with van der Waals surface area (Å²) in [4.78, 5) is 0. The Bertz CT molecular complexity index is 154. The third-order valence-corrected chi connectivity index (χ3v) is 2.99. The molecule has 0 spiro atoms. The fraction of sp³-hybridized carbons (Fsp3) is 1.00. The van der Waals surface area contributed by atoms with E-state index in [0.717, 1.165) is 0 Å². The summed E-state index contributed by atoms with van der Waals surface area (Å²) in [5.74, 6) is 0. The summed E-state index contributed by atoms with van der Waals surface area (Å²) in [6.07, 6.45) is 4.96. The van der Waals surface area contributed by atoms with Crippen molar-refractivity contribution in [1.82, 2.24) is 15.0 Å². The SMILES string of the molecule is CCCB1NB(C)NB(CCC)N1C. The lowest BCUT2D eigenvalue weighted by Crippen LogP contribution is -2.73. The molecule has 1 aliphatic heterocycles. The first-order valence-corrected chi connectivity index (χ1v) is 5.93. The number of hydrogen-bond acceptors (Lipinski definition) is 3. The van der Waals surface area contributed by atoms with Gasteiger partial charge in [-0.05, 0) is 19.7 Å². The average molecular weight is 193 g/mol. The van der Waals surface area contributed by atoms with Crippen molar-refractivity contribution >= 4 is 20.9 Å². The first-order chi connectivity index (χ1) is 6.69. The van der Waals surface area contributed by atoms with E-state index < -0.39 is 0 Å². The number of nitrogens with zero attached hydrogens (tertiary/aromatic N) is 1. The van der Waals surface area contributed by atoms with Crippen molar-refractivity contribution in [2.45, 2.75) is 46.2 Å². The van der Waals surface area contributed by atoms with E-state index >= 15 is 0 Å². The molecule has 0 unspecified atom stereocenters. The van der Waals surface area contributed by atoms with E-state index in [1.54, 1.807) is 0 Å². The van der Waals surface area contributed by atoms with Gasteiger partial charge in [0.25, 0.3) is 20.9 Å². The lowest BCUT2D eigenvalue weighted by Gasteiger charge is -2.39. The molecular weight excluding hydrogens is 171 g/mol. The zero-order chi connectivity index (χ0) is 10.6. The molecule has 0 aromatic heterocycles. The smallest absolute Gasteiger partial charge is 0.287 e. The van der Waals surface area contributed by atoms with Crippen molar-refractivity contribution < 1.29 is 0 Å². The van der Waals surface area contributed by atoms with Crippen LogP contribution in [0.3, 0.4) is 0 Å². The van der Waals surface area contributed by atoms with Gasteiger partial charge in [-0.3, -0.25) is 0 Å². The quantitative estimate of drug-likeness (QED) is 0.652. The minimum Gasteiger partial charge on any atom is -0.371 e. The van der Waals surface area contributed by atoms with Crippen molar-refractivity contribution in [3.8, 4) is 0 Å². The monoisotopic (exact) mass is 193 g/mol. The Labute approximate surface area is 89.8 Å². The molecule has 0 amide bonds. The zero-order valence-corrected chi connectivity index (χ0v) is 10.0. The lowest BCUT2D eigenvalue weighted by atomic mass is 9.45. The van der Waals surface area contributed by atoms with Crippen LogP contribution in [0.1, 0.15) is 26.7 Å². The maximum atomic E-state index is 3.57. The molecule has 1 heterocycles. The highest BCUT2D eigenvalue weighted by Crippen LogP contribution is 2.09. The van der Waals surface area contributed by atoms with Gasteiger partial charge in [-0.15, -0.1) is 0 Å². The molecule has 0 bridgehead atoms. The first kappa shape index (κ1) is 12.1. The van der Waals surface area contributed by atoms with Gasteiger partial charge in [0.05, 0.1) is 0 Å². The second-order valence-corrected chi connectivity index (χ2v) is 4.33. The Kier molecular flexibility index (Phi) is 5.06. The Balaban J connectivity index is 2.51. The average Bonchev–Trinajstić information content (AvgIpc) is 2.14. The lowest BCUT2D eigenvalue weighted by molar-refractivity contribution is 0.720. The topological polar surface area (TPSA) is 27.3 Å². The Morgan fingerprint density at radius 1 is 1.00 bits per heavy atom. The second kappa shape index (κ2) is 5.84. The summed E-state index contributed by atoms with van der Waals surface area (Å²) in [7, 11) is 2.21. The van der Waals surface area contributed by atoms with Crippen LogP contribution in [0, 0.1) is 0 Å². The molecule has 0 radical (unpaired) electrons. The van der Waals surface area contributed by atoms with E-state index in [0.29, 0.717) is 20.9 Å². The Hall–Kier alpha value is 0.0748. The molecule has 2 N–H and O–H groups in total. The van der Waals surface area contributed by atoms with Crippen molar-refractivity contribution in [2.24, 2.45) is 0 Å². The minimum absolute atomic E-state index is 0.444. The molecule has 6 heteroatoms. The third kappa shape index (κ3) is 3.04. The van der Waals surface area contributed by atoms with Crippen molar-refractivity contribution in [3.63, 3.8) is 0 Å². The molecule has 0 aromatic rings. The second-order valence-electron chi connectivity index (χ2n) is 4.33. The Morgan fingerprint density at radius 3 is 1.79 bits per heavy atom. The minimum atomic E-state index is 0.444. The van der Waals surface area contributed by atoms with Crippen LogP contribution in [0.25, 0.3) is 0 Å². The molecule has 1 fully saturated rings. The highest BCUT2D eigenvalue weighted by atomic mass is 15.2. The van der Waals surface area contributed by atoms with Crippen LogP contribution in [-0.4, -0.2) is 32.7 Å². The highest BCUT2D eigenvalue weighted by molar-refractivity contribution is 6.86. The summed E-state index contributed by atoms with van der Waals surface area (Å²) >= 11 is 0. The standard InChI is InChI=1S/C8H22B3N3/c1-5-7-10-12-9(3)13-11(8-6-2)14(10)4/h12-13H,5-8H2,1-4H3. The first-order valence-electron chi connectivity index (χ1n) is 5.93. The molecule has 3 nitrogen and oxygen atoms in total. The summed E-state index contributed by atoms with van der Waals surface area (Å²) in [5, 5.41) is 7.14. The van der Waals surface area contributed by atoms with Crippen molar-refractivity contribution in [2.75, 3.05) is 7.05 Å². The predicted molar refractivity (Wildman–Crippen MR) is 67.4 cm³/mol. The fourth-order valence-corrected chi connectivity index (χ4v) is 2.20. The molecule has 0 atom stereocenters. The fourth-order valence-electron chi connectivity index (χ4n) is 2.20. The van der Waals surface area contributed by atoms with Crippen LogP contribution in [-0.2, 0) is 0 Å². The maximum Gasteiger partial charge on any atom is 0.287 e. The van der Waals surface area contributed by atoms with Gasteiger partial charge >= 0.3 is 0 Å². The van der Waals surface area contributed by atoms with Crippen LogP contribution in [0.2, 0.25) is 19.5 Å². The van der Waals surface area contributed by atoms with Crippen LogP contribution in [0.4, 0.5) is 0 Å². The summed E-state index contributed by atoms with van der Waals surface area (Å²) in [5.41, 5.74) is 0. The van der Waals surface area contributed by atoms with Gasteiger partial charge in [0.1, 0.15) is 0 Å². The number of nitrogens with one attached hydrogen (secondary N) is 2. The number of rotatable bonds is 4. The summed E-state index contributed by atoms with van der Waals surface area (Å²) in [6, 6.07) is 0. The van der Waals surface area contributed by atoms with Crippen LogP contribution in [0.15, 0.2) is 0 Å². The molecule has 78 valence electrons. The molecule has 0 aromatic carbocycles. The van der Waals surface area contributed by atoms with Gasteiger partial charge in [0, 0.05) is 0 Å². The van der Waals surface area contributed by atoms with E-state index in [1.807, 2.05) is 0 Å². The maximum absolute atomic E-state index is 3.57. The number of hydrogen-bond donors (Lipinski definition) is 2. The van der Waals surface area contributed by atoms with Gasteiger partial charge in [0.15, 0.2) is 0 Å². The van der Waals surface area contributed by atoms with Crippen molar-refractivity contribution in [3.05, 3.63) is 0 Å². The van der Waals surface area contributed by atoms with E-state index in [2.05, 4.69) is 42.7 Å². The zero-order valence-electron chi connectivity index (χ0n) is 10.0. The van der Waals surface area contributed by atoms with Gasteiger partial charge < -0.3 is 15.0 Å². The third-order valence-electron chi connectivity index (χ3n) is 2.99. The van der Waals surface area contributed by atoms with E-state index in [-0.39, 0.29) is 0 Å². The highest BCUT2D eigenvalue weighted by Gasteiger charge is 2.36. The van der Waals surface area contributed by atoms with E-state index in [4.69, 9.17) is 0 Å². The van der Waals surface area contributed by atoms with Crippen LogP contribution >= 0.6 is 0 Å². The van der Waals surface area contributed by atoms with Crippen LogP contribution < -0.4 is 10.3 Å². The van der Waals surface area contributed by atoms with Gasteiger partial charge in [-0.25, -0.2) is 0 Å². The molecule has 1 saturated heterocycles. The normalized spacial score (nSPS) is 19.3. The van der Waals surface area contributed by atoms with Gasteiger partial charge in [-0.1, -0.05) is 33.5 Å². The summed E-state index contributed by atoms with van der Waals surface area (Å²) < 4.78 is 2.44. The van der Waals surface area contributed by atoms with Crippen LogP contribution in [0.5, 0.6) is 0 Å². The molecule has 0 saturated carbocycles. The van der Waals surface area contributed by atoms with Gasteiger partial charge in [0.2, 0.25) is 0 Å². The molecular formula is C8H22B3N3.